The van der Waals surface area contributed by atoms with Crippen LogP contribution in [0.15, 0.2) is 66.7 Å². The van der Waals surface area contributed by atoms with Gasteiger partial charge in [0.25, 0.3) is 0 Å². The summed E-state index contributed by atoms with van der Waals surface area (Å²) in [4.78, 5) is 0. The average molecular weight is 391 g/mol. The summed E-state index contributed by atoms with van der Waals surface area (Å²) in [7, 11) is 0. The molecule has 0 amide bonds. The van der Waals surface area contributed by atoms with Crippen LogP contribution in [-0.4, -0.2) is 0 Å². The van der Waals surface area contributed by atoms with Gasteiger partial charge in [-0.15, -0.1) is 0 Å². The summed E-state index contributed by atoms with van der Waals surface area (Å²) < 4.78 is 80.1. The van der Waals surface area contributed by atoms with Gasteiger partial charge in [0, 0.05) is 0 Å². The van der Waals surface area contributed by atoms with Crippen molar-refractivity contribution in [3.05, 3.63) is 83.4 Å². The zero-order chi connectivity index (χ0) is 20.5. The molecule has 0 unspecified atom stereocenters. The molecule has 0 spiro atoms. The van der Waals surface area contributed by atoms with Gasteiger partial charge in [-0.2, -0.15) is 31.6 Å². The van der Waals surface area contributed by atoms with Gasteiger partial charge < -0.3 is 0 Å². The standard InChI is InChI=1S/C21H11F6N/c22-20(23,24)18-7-3-1-5-16(18)14-9-13(12-28)10-15(11-14)17-6-2-4-8-19(17)21(25,26)27/h1-11H. The Hall–Kier alpha value is -3.27. The predicted octanol–water partition coefficient (Wildman–Crippen LogP) is 6.93. The van der Waals surface area contributed by atoms with Gasteiger partial charge in [0.1, 0.15) is 0 Å². The van der Waals surface area contributed by atoms with Crippen LogP contribution in [0.25, 0.3) is 22.3 Å². The molecule has 0 heterocycles. The van der Waals surface area contributed by atoms with E-state index in [0.717, 1.165) is 12.1 Å². The van der Waals surface area contributed by atoms with Gasteiger partial charge in [0.2, 0.25) is 0 Å². The Morgan fingerprint density at radius 3 is 1.36 bits per heavy atom. The topological polar surface area (TPSA) is 23.8 Å². The summed E-state index contributed by atoms with van der Waals surface area (Å²) in [6, 6.07) is 14.9. The molecule has 0 aliphatic rings. The highest BCUT2D eigenvalue weighted by Gasteiger charge is 2.35. The van der Waals surface area contributed by atoms with Gasteiger partial charge in [-0.3, -0.25) is 0 Å². The molecule has 0 fully saturated rings. The van der Waals surface area contributed by atoms with Gasteiger partial charge in [-0.05, 0) is 52.6 Å². The second-order valence-corrected chi connectivity index (χ2v) is 6.00. The van der Waals surface area contributed by atoms with Crippen molar-refractivity contribution in [3.8, 4) is 28.3 Å². The van der Waals surface area contributed by atoms with Crippen molar-refractivity contribution in [2.45, 2.75) is 12.4 Å². The molecule has 1 nitrogen and oxygen atoms in total. The molecule has 7 heteroatoms. The third-order valence-corrected chi connectivity index (χ3v) is 4.15. The van der Waals surface area contributed by atoms with Crippen LogP contribution < -0.4 is 0 Å². The van der Waals surface area contributed by atoms with Crippen LogP contribution in [0.4, 0.5) is 26.3 Å². The lowest BCUT2D eigenvalue weighted by molar-refractivity contribution is -0.137. The predicted molar refractivity (Wildman–Crippen MR) is 92.0 cm³/mol. The van der Waals surface area contributed by atoms with Crippen LogP contribution in [0, 0.1) is 11.3 Å². The molecule has 0 saturated heterocycles. The quantitative estimate of drug-likeness (QED) is 0.435. The van der Waals surface area contributed by atoms with Crippen molar-refractivity contribution in [1.29, 1.82) is 5.26 Å². The van der Waals surface area contributed by atoms with E-state index in [1.165, 1.54) is 54.6 Å². The fraction of sp³-hybridized carbons (Fsp3) is 0.0952. The highest BCUT2D eigenvalue weighted by atomic mass is 19.4. The molecule has 0 saturated carbocycles. The molecule has 0 radical (unpaired) electrons. The fourth-order valence-corrected chi connectivity index (χ4v) is 2.97. The molecule has 0 aliphatic carbocycles. The molecule has 0 aliphatic heterocycles. The van der Waals surface area contributed by atoms with Crippen LogP contribution in [-0.2, 0) is 12.4 Å². The Kier molecular flexibility index (Phi) is 4.90. The summed E-state index contributed by atoms with van der Waals surface area (Å²) in [5.74, 6) is 0. The summed E-state index contributed by atoms with van der Waals surface area (Å²) in [5.41, 5.74) is -2.30. The maximum Gasteiger partial charge on any atom is 0.417 e. The highest BCUT2D eigenvalue weighted by molar-refractivity contribution is 5.78. The first-order valence-electron chi connectivity index (χ1n) is 7.99. The Morgan fingerprint density at radius 1 is 0.607 bits per heavy atom. The van der Waals surface area contributed by atoms with E-state index < -0.39 is 23.5 Å². The largest absolute Gasteiger partial charge is 0.417 e. The van der Waals surface area contributed by atoms with E-state index in [1.54, 1.807) is 6.07 Å². The number of hydrogen-bond acceptors (Lipinski definition) is 1. The maximum absolute atomic E-state index is 13.3. The third-order valence-electron chi connectivity index (χ3n) is 4.15. The maximum atomic E-state index is 13.3. The Balaban J connectivity index is 2.28. The molecule has 0 aromatic heterocycles. The van der Waals surface area contributed by atoms with Crippen molar-refractivity contribution in [2.75, 3.05) is 0 Å². The van der Waals surface area contributed by atoms with E-state index in [1.807, 2.05) is 0 Å². The molecule has 3 aromatic carbocycles. The van der Waals surface area contributed by atoms with Crippen molar-refractivity contribution in [1.82, 2.24) is 0 Å². The zero-order valence-corrected chi connectivity index (χ0v) is 14.1. The van der Waals surface area contributed by atoms with Crippen molar-refractivity contribution >= 4 is 0 Å². The number of hydrogen-bond donors (Lipinski definition) is 0. The normalized spacial score (nSPS) is 11.9. The smallest absolute Gasteiger partial charge is 0.192 e. The zero-order valence-electron chi connectivity index (χ0n) is 14.1. The lowest BCUT2D eigenvalue weighted by Crippen LogP contribution is -2.08. The van der Waals surface area contributed by atoms with E-state index in [2.05, 4.69) is 0 Å². The molecule has 0 bridgehead atoms. The summed E-state index contributed by atoms with van der Waals surface area (Å²) in [6.07, 6.45) is -9.30. The lowest BCUT2D eigenvalue weighted by atomic mass is 9.92. The SMILES string of the molecule is N#Cc1cc(-c2ccccc2C(F)(F)F)cc(-c2ccccc2C(F)(F)F)c1. The minimum atomic E-state index is -4.65. The first-order valence-corrected chi connectivity index (χ1v) is 7.99. The number of halogens is 6. The van der Waals surface area contributed by atoms with Crippen LogP contribution in [0.2, 0.25) is 0 Å². The number of nitrogens with zero attached hydrogens (tertiary/aromatic N) is 1. The molecule has 0 atom stereocenters. The molecule has 3 rings (SSSR count). The lowest BCUT2D eigenvalue weighted by Gasteiger charge is -2.16. The number of rotatable bonds is 2. The van der Waals surface area contributed by atoms with Crippen LogP contribution in [0.3, 0.4) is 0 Å². The highest BCUT2D eigenvalue weighted by Crippen LogP contribution is 2.41. The van der Waals surface area contributed by atoms with E-state index in [4.69, 9.17) is 0 Å². The molecule has 28 heavy (non-hydrogen) atoms. The minimum Gasteiger partial charge on any atom is -0.192 e. The van der Waals surface area contributed by atoms with Crippen LogP contribution in [0.5, 0.6) is 0 Å². The Labute approximate surface area is 156 Å². The molecule has 142 valence electrons. The third kappa shape index (κ3) is 3.86. The molecule has 0 N–H and O–H groups in total. The van der Waals surface area contributed by atoms with E-state index in [-0.39, 0.29) is 27.8 Å². The van der Waals surface area contributed by atoms with Crippen molar-refractivity contribution in [2.24, 2.45) is 0 Å². The van der Waals surface area contributed by atoms with Gasteiger partial charge >= 0.3 is 12.4 Å². The summed E-state index contributed by atoms with van der Waals surface area (Å²) in [6.45, 7) is 0. The first kappa shape index (κ1) is 19.5. The Bertz CT molecular complexity index is 982. The van der Waals surface area contributed by atoms with Crippen molar-refractivity contribution < 1.29 is 26.3 Å². The van der Waals surface area contributed by atoms with E-state index in [0.29, 0.717) is 0 Å². The van der Waals surface area contributed by atoms with E-state index in [9.17, 15) is 31.6 Å². The molecule has 3 aromatic rings. The van der Waals surface area contributed by atoms with Crippen molar-refractivity contribution in [3.63, 3.8) is 0 Å². The van der Waals surface area contributed by atoms with Gasteiger partial charge in [0.05, 0.1) is 22.8 Å². The van der Waals surface area contributed by atoms with E-state index >= 15 is 0 Å². The number of benzene rings is 3. The van der Waals surface area contributed by atoms with Crippen LogP contribution >= 0.6 is 0 Å². The van der Waals surface area contributed by atoms with Gasteiger partial charge in [-0.1, -0.05) is 36.4 Å². The average Bonchev–Trinajstić information content (AvgIpc) is 2.66. The van der Waals surface area contributed by atoms with Crippen LogP contribution in [0.1, 0.15) is 16.7 Å². The van der Waals surface area contributed by atoms with Gasteiger partial charge in [0.15, 0.2) is 0 Å². The summed E-state index contributed by atoms with van der Waals surface area (Å²) in [5, 5.41) is 9.24. The fourth-order valence-electron chi connectivity index (χ4n) is 2.97. The minimum absolute atomic E-state index is 0.0129. The van der Waals surface area contributed by atoms with Gasteiger partial charge in [-0.25, -0.2) is 0 Å². The number of alkyl halides is 6. The second-order valence-electron chi connectivity index (χ2n) is 6.00. The first-order chi connectivity index (χ1) is 13.1. The Morgan fingerprint density at radius 2 is 1.00 bits per heavy atom. The summed E-state index contributed by atoms with van der Waals surface area (Å²) >= 11 is 0. The number of nitriles is 1. The monoisotopic (exact) mass is 391 g/mol. The second kappa shape index (κ2) is 7.04. The molecular weight excluding hydrogens is 380 g/mol. The molecular formula is C21H11F6N.